The first kappa shape index (κ1) is 16.9. The lowest BCUT2D eigenvalue weighted by Gasteiger charge is -2.19. The summed E-state index contributed by atoms with van der Waals surface area (Å²) in [6, 6.07) is 8.22. The van der Waals surface area contributed by atoms with Gasteiger partial charge in [-0.1, -0.05) is 69.4 Å². The Morgan fingerprint density at radius 3 is 2.41 bits per heavy atom. The Morgan fingerprint density at radius 1 is 1.09 bits per heavy atom. The highest BCUT2D eigenvalue weighted by molar-refractivity contribution is 5.86. The van der Waals surface area contributed by atoms with Gasteiger partial charge in [0.05, 0.1) is 0 Å². The Hall–Kier alpha value is -1.43. The fourth-order valence-corrected chi connectivity index (χ4v) is 2.80. The Kier molecular flexibility index (Phi) is 5.94. The molecule has 1 aromatic rings. The van der Waals surface area contributed by atoms with Gasteiger partial charge < -0.3 is 10.2 Å². The van der Waals surface area contributed by atoms with Crippen molar-refractivity contribution < 1.29 is 15.0 Å². The molecule has 0 radical (unpaired) electrons. The summed E-state index contributed by atoms with van der Waals surface area (Å²) in [4.78, 5) is 12.1. The second kappa shape index (κ2) is 7.72. The zero-order valence-electron chi connectivity index (χ0n) is 13.2. The summed E-state index contributed by atoms with van der Waals surface area (Å²) in [6.45, 7) is 2.68. The van der Waals surface area contributed by atoms with Crippen LogP contribution < -0.4 is 5.43 Å². The quantitative estimate of drug-likeness (QED) is 0.508. The molecule has 0 aromatic heterocycles. The first-order valence-corrected chi connectivity index (χ1v) is 8.15. The molecule has 1 aliphatic rings. The van der Waals surface area contributed by atoms with Gasteiger partial charge in [0.1, 0.15) is 6.04 Å². The van der Waals surface area contributed by atoms with E-state index in [0.717, 1.165) is 19.3 Å². The van der Waals surface area contributed by atoms with Gasteiger partial charge in [-0.2, -0.15) is 0 Å². The first-order valence-electron chi connectivity index (χ1n) is 8.15. The molecule has 0 aliphatic carbocycles. The minimum atomic E-state index is -2.39. The maximum absolute atomic E-state index is 12.1. The molecule has 0 saturated carbocycles. The lowest BCUT2D eigenvalue weighted by Crippen LogP contribution is -2.42. The standard InChI is InChI=1S/C17H26N2O3/c1-2-3-4-5-6-10-13-19-16(20)17(21,22)15(18-19)14-11-8-7-9-12-14/h7-9,11-12,15,18,21-22H,2-6,10,13H2,1H3. The van der Waals surface area contributed by atoms with Gasteiger partial charge in [-0.05, 0) is 12.0 Å². The summed E-state index contributed by atoms with van der Waals surface area (Å²) in [5.41, 5.74) is 3.62. The van der Waals surface area contributed by atoms with Gasteiger partial charge in [0.15, 0.2) is 0 Å². The van der Waals surface area contributed by atoms with Gasteiger partial charge in [-0.3, -0.25) is 9.80 Å². The van der Waals surface area contributed by atoms with E-state index in [1.807, 2.05) is 18.2 Å². The van der Waals surface area contributed by atoms with Crippen LogP contribution in [0.1, 0.15) is 57.1 Å². The van der Waals surface area contributed by atoms with Crippen LogP contribution in [0.25, 0.3) is 0 Å². The van der Waals surface area contributed by atoms with Crippen LogP contribution in [0.4, 0.5) is 0 Å². The number of nitrogens with zero attached hydrogens (tertiary/aromatic N) is 1. The SMILES string of the molecule is CCCCCCCCN1NC(c2ccccc2)C(O)(O)C1=O. The molecule has 5 heteroatoms. The van der Waals surface area contributed by atoms with Crippen LogP contribution >= 0.6 is 0 Å². The van der Waals surface area contributed by atoms with E-state index >= 15 is 0 Å². The summed E-state index contributed by atoms with van der Waals surface area (Å²) in [6.07, 6.45) is 6.73. The van der Waals surface area contributed by atoms with Crippen molar-refractivity contribution in [1.29, 1.82) is 0 Å². The number of amides is 1. The number of carbonyl (C=O) groups is 1. The number of unbranched alkanes of at least 4 members (excludes halogenated alkanes) is 5. The number of rotatable bonds is 8. The highest BCUT2D eigenvalue weighted by Crippen LogP contribution is 2.31. The van der Waals surface area contributed by atoms with Crippen LogP contribution in [0.3, 0.4) is 0 Å². The summed E-state index contributed by atoms with van der Waals surface area (Å²) >= 11 is 0. The molecule has 22 heavy (non-hydrogen) atoms. The van der Waals surface area contributed by atoms with Crippen LogP contribution in [0.5, 0.6) is 0 Å². The molecular formula is C17H26N2O3. The van der Waals surface area contributed by atoms with E-state index in [-0.39, 0.29) is 0 Å². The zero-order valence-corrected chi connectivity index (χ0v) is 13.2. The third kappa shape index (κ3) is 3.85. The van der Waals surface area contributed by atoms with E-state index < -0.39 is 17.7 Å². The molecule has 0 bridgehead atoms. The molecule has 1 fully saturated rings. The van der Waals surface area contributed by atoms with Crippen molar-refractivity contribution in [3.05, 3.63) is 35.9 Å². The molecule has 0 spiro atoms. The summed E-state index contributed by atoms with van der Waals surface area (Å²) in [5, 5.41) is 21.6. The molecular weight excluding hydrogens is 280 g/mol. The van der Waals surface area contributed by atoms with Crippen molar-refractivity contribution in [3.8, 4) is 0 Å². The highest BCUT2D eigenvalue weighted by Gasteiger charge is 2.52. The van der Waals surface area contributed by atoms with Crippen LogP contribution in [-0.4, -0.2) is 33.5 Å². The third-order valence-corrected chi connectivity index (χ3v) is 4.12. The smallest absolute Gasteiger partial charge is 0.298 e. The summed E-state index contributed by atoms with van der Waals surface area (Å²) in [5.74, 6) is -3.06. The number of nitrogens with one attached hydrogen (secondary N) is 1. The predicted octanol–water partition coefficient (Wildman–Crippen LogP) is 2.12. The third-order valence-electron chi connectivity index (χ3n) is 4.12. The summed E-state index contributed by atoms with van der Waals surface area (Å²) < 4.78 is 0. The molecule has 5 nitrogen and oxygen atoms in total. The molecule has 1 unspecified atom stereocenters. The Bertz CT molecular complexity index is 476. The van der Waals surface area contributed by atoms with E-state index in [9.17, 15) is 15.0 Å². The zero-order chi connectivity index (χ0) is 16.0. The maximum Gasteiger partial charge on any atom is 0.298 e. The minimum Gasteiger partial charge on any atom is -0.357 e. The predicted molar refractivity (Wildman–Crippen MR) is 84.6 cm³/mol. The molecule has 1 amide bonds. The summed E-state index contributed by atoms with van der Waals surface area (Å²) in [7, 11) is 0. The molecule has 122 valence electrons. The normalized spacial score (nSPS) is 20.6. The minimum absolute atomic E-state index is 0.497. The van der Waals surface area contributed by atoms with E-state index in [2.05, 4.69) is 12.3 Å². The second-order valence-electron chi connectivity index (χ2n) is 5.92. The van der Waals surface area contributed by atoms with Crippen molar-refractivity contribution >= 4 is 5.91 Å². The largest absolute Gasteiger partial charge is 0.357 e. The van der Waals surface area contributed by atoms with E-state index in [0.29, 0.717) is 12.1 Å². The van der Waals surface area contributed by atoms with Crippen LogP contribution in [-0.2, 0) is 4.79 Å². The molecule has 1 atom stereocenters. The lowest BCUT2D eigenvalue weighted by atomic mass is 10.0. The van der Waals surface area contributed by atoms with Crippen molar-refractivity contribution in [1.82, 2.24) is 10.4 Å². The molecule has 2 rings (SSSR count). The average Bonchev–Trinajstić information content (AvgIpc) is 2.75. The van der Waals surface area contributed by atoms with Gasteiger partial charge in [-0.25, -0.2) is 5.43 Å². The number of hydrogen-bond acceptors (Lipinski definition) is 4. The Labute approximate surface area is 131 Å². The topological polar surface area (TPSA) is 72.8 Å². The van der Waals surface area contributed by atoms with E-state index in [1.165, 1.54) is 24.3 Å². The van der Waals surface area contributed by atoms with Crippen molar-refractivity contribution in [2.24, 2.45) is 0 Å². The van der Waals surface area contributed by atoms with Gasteiger partial charge in [-0.15, -0.1) is 0 Å². The molecule has 3 N–H and O–H groups in total. The van der Waals surface area contributed by atoms with Crippen molar-refractivity contribution in [2.75, 3.05) is 6.54 Å². The second-order valence-corrected chi connectivity index (χ2v) is 5.92. The van der Waals surface area contributed by atoms with Crippen LogP contribution in [0, 0.1) is 0 Å². The van der Waals surface area contributed by atoms with Gasteiger partial charge in [0.25, 0.3) is 11.7 Å². The van der Waals surface area contributed by atoms with E-state index in [4.69, 9.17) is 0 Å². The van der Waals surface area contributed by atoms with Crippen molar-refractivity contribution in [2.45, 2.75) is 57.3 Å². The Balaban J connectivity index is 1.88. The number of hydrazine groups is 1. The fourth-order valence-electron chi connectivity index (χ4n) is 2.80. The van der Waals surface area contributed by atoms with Gasteiger partial charge in [0.2, 0.25) is 0 Å². The lowest BCUT2D eigenvalue weighted by molar-refractivity contribution is -0.186. The van der Waals surface area contributed by atoms with Gasteiger partial charge in [0, 0.05) is 6.54 Å². The number of hydrogen-bond donors (Lipinski definition) is 3. The van der Waals surface area contributed by atoms with Crippen LogP contribution in [0.2, 0.25) is 0 Å². The fraction of sp³-hybridized carbons (Fsp3) is 0.588. The van der Waals surface area contributed by atoms with Crippen LogP contribution in [0.15, 0.2) is 30.3 Å². The molecule has 1 heterocycles. The number of carbonyl (C=O) groups excluding carboxylic acids is 1. The van der Waals surface area contributed by atoms with Crippen molar-refractivity contribution in [3.63, 3.8) is 0 Å². The highest BCUT2D eigenvalue weighted by atomic mass is 16.5. The molecule has 1 aliphatic heterocycles. The number of aliphatic hydroxyl groups is 2. The molecule has 1 saturated heterocycles. The number of benzene rings is 1. The molecule has 1 aromatic carbocycles. The van der Waals surface area contributed by atoms with E-state index in [1.54, 1.807) is 12.1 Å². The average molecular weight is 306 g/mol. The maximum atomic E-state index is 12.1. The van der Waals surface area contributed by atoms with Gasteiger partial charge >= 0.3 is 0 Å². The monoisotopic (exact) mass is 306 g/mol. The first-order chi connectivity index (χ1) is 10.6. The Morgan fingerprint density at radius 2 is 1.73 bits per heavy atom.